The van der Waals surface area contributed by atoms with E-state index in [0.29, 0.717) is 28.3 Å². The highest BCUT2D eigenvalue weighted by Gasteiger charge is 2.27. The number of hydrogen-bond acceptors (Lipinski definition) is 7. The molecule has 1 aromatic carbocycles. The molecule has 0 saturated carbocycles. The van der Waals surface area contributed by atoms with Crippen LogP contribution in [-0.4, -0.2) is 46.3 Å². The Labute approximate surface area is 186 Å². The number of hydrogen-bond donors (Lipinski definition) is 2. The Morgan fingerprint density at radius 2 is 2.13 bits per heavy atom. The van der Waals surface area contributed by atoms with Crippen LogP contribution in [0.3, 0.4) is 0 Å². The summed E-state index contributed by atoms with van der Waals surface area (Å²) in [6, 6.07) is 4.23. The average Bonchev–Trinajstić information content (AvgIpc) is 3.00. The number of carbonyl (C=O) groups is 2. The fourth-order valence-corrected chi connectivity index (χ4v) is 4.44. The molecule has 2 amide bonds. The number of nitro benzene ring substituents is 1. The van der Waals surface area contributed by atoms with E-state index in [1.54, 1.807) is 0 Å². The van der Waals surface area contributed by atoms with Crippen LogP contribution in [-0.2, 0) is 9.59 Å². The van der Waals surface area contributed by atoms with Gasteiger partial charge in [0.15, 0.2) is 5.13 Å². The SMILES string of the molecule is Cc1nc(NC(=O)CN2CCCC(C(=O)Nc3cc([N+](=O)[O-])ccc3Br)C2)sc1C. The van der Waals surface area contributed by atoms with Gasteiger partial charge in [-0.3, -0.25) is 24.6 Å². The van der Waals surface area contributed by atoms with E-state index < -0.39 is 4.92 Å². The van der Waals surface area contributed by atoms with Gasteiger partial charge in [-0.05, 0) is 55.2 Å². The summed E-state index contributed by atoms with van der Waals surface area (Å²) in [5.74, 6) is -0.680. The van der Waals surface area contributed by atoms with Crippen molar-refractivity contribution in [1.29, 1.82) is 0 Å². The Morgan fingerprint density at radius 3 is 2.80 bits per heavy atom. The van der Waals surface area contributed by atoms with Crippen molar-refractivity contribution in [2.75, 3.05) is 30.3 Å². The molecule has 1 aromatic heterocycles. The lowest BCUT2D eigenvalue weighted by molar-refractivity contribution is -0.384. The molecule has 1 aliphatic heterocycles. The molecule has 2 N–H and O–H groups in total. The summed E-state index contributed by atoms with van der Waals surface area (Å²) in [6.07, 6.45) is 1.48. The van der Waals surface area contributed by atoms with Crippen LogP contribution in [0, 0.1) is 29.9 Å². The lowest BCUT2D eigenvalue weighted by Gasteiger charge is -2.31. The Bertz CT molecular complexity index is 960. The number of nitrogens with one attached hydrogen (secondary N) is 2. The van der Waals surface area contributed by atoms with Crippen molar-refractivity contribution in [3.63, 3.8) is 0 Å². The molecule has 11 heteroatoms. The molecule has 2 aromatic rings. The maximum absolute atomic E-state index is 12.7. The Kier molecular flexibility index (Phi) is 7.16. The van der Waals surface area contributed by atoms with Gasteiger partial charge in [0.2, 0.25) is 11.8 Å². The first-order valence-corrected chi connectivity index (χ1v) is 11.0. The molecule has 0 bridgehead atoms. The standard InChI is InChI=1S/C19H22BrN5O4S/c1-11-12(2)30-19(21-11)23-17(26)10-24-7-3-4-13(9-24)18(27)22-16-8-14(25(28)29)5-6-15(16)20/h5-6,8,13H,3-4,7,9-10H2,1-2H3,(H,22,27)(H,21,23,26). The zero-order valence-corrected chi connectivity index (χ0v) is 19.0. The van der Waals surface area contributed by atoms with E-state index in [4.69, 9.17) is 0 Å². The highest BCUT2D eigenvalue weighted by Crippen LogP contribution is 2.28. The third-order valence-corrected chi connectivity index (χ3v) is 6.62. The molecule has 1 aliphatic rings. The number of thiazole rings is 1. The lowest BCUT2D eigenvalue weighted by Crippen LogP contribution is -2.44. The molecule has 1 atom stereocenters. The molecule has 3 rings (SSSR count). The number of benzene rings is 1. The minimum atomic E-state index is -0.505. The molecule has 2 heterocycles. The van der Waals surface area contributed by atoms with Crippen molar-refractivity contribution in [3.8, 4) is 0 Å². The van der Waals surface area contributed by atoms with Crippen molar-refractivity contribution >= 4 is 55.6 Å². The number of nitrogens with zero attached hydrogens (tertiary/aromatic N) is 3. The van der Waals surface area contributed by atoms with Crippen molar-refractivity contribution in [2.24, 2.45) is 5.92 Å². The fourth-order valence-electron chi connectivity index (χ4n) is 3.26. The molecule has 0 spiro atoms. The van der Waals surface area contributed by atoms with E-state index in [1.165, 1.54) is 29.5 Å². The minimum absolute atomic E-state index is 0.0944. The van der Waals surface area contributed by atoms with Crippen LogP contribution < -0.4 is 10.6 Å². The number of piperidine rings is 1. The van der Waals surface area contributed by atoms with Crippen LogP contribution in [0.1, 0.15) is 23.4 Å². The summed E-state index contributed by atoms with van der Waals surface area (Å²) in [7, 11) is 0. The molecule has 0 aliphatic carbocycles. The summed E-state index contributed by atoms with van der Waals surface area (Å²) < 4.78 is 0.572. The Hall–Kier alpha value is -2.37. The van der Waals surface area contributed by atoms with E-state index >= 15 is 0 Å². The Morgan fingerprint density at radius 1 is 1.37 bits per heavy atom. The number of nitro groups is 1. The van der Waals surface area contributed by atoms with Gasteiger partial charge >= 0.3 is 0 Å². The molecule has 30 heavy (non-hydrogen) atoms. The van der Waals surface area contributed by atoms with Crippen LogP contribution in [0.25, 0.3) is 0 Å². The molecule has 1 unspecified atom stereocenters. The number of rotatable bonds is 6. The van der Waals surface area contributed by atoms with Gasteiger partial charge in [-0.25, -0.2) is 4.98 Å². The third kappa shape index (κ3) is 5.61. The molecular weight excluding hydrogens is 474 g/mol. The van der Waals surface area contributed by atoms with E-state index in [2.05, 4.69) is 31.5 Å². The second-order valence-electron chi connectivity index (χ2n) is 7.19. The number of non-ortho nitro benzene ring substituents is 1. The number of likely N-dealkylation sites (tertiary alicyclic amines) is 1. The van der Waals surface area contributed by atoms with Gasteiger partial charge in [0.25, 0.3) is 5.69 Å². The van der Waals surface area contributed by atoms with Gasteiger partial charge in [-0.15, -0.1) is 11.3 Å². The first-order valence-electron chi connectivity index (χ1n) is 9.44. The van der Waals surface area contributed by atoms with E-state index in [9.17, 15) is 19.7 Å². The summed E-state index contributed by atoms with van der Waals surface area (Å²) in [5.41, 5.74) is 1.17. The highest BCUT2D eigenvalue weighted by molar-refractivity contribution is 9.10. The maximum atomic E-state index is 12.7. The first kappa shape index (κ1) is 22.3. The number of aryl methyl sites for hydroxylation is 2. The maximum Gasteiger partial charge on any atom is 0.271 e. The fraction of sp³-hybridized carbons (Fsp3) is 0.421. The number of carbonyl (C=O) groups excluding carboxylic acids is 2. The molecule has 0 radical (unpaired) electrons. The van der Waals surface area contributed by atoms with E-state index in [1.807, 2.05) is 18.7 Å². The molecular formula is C19H22BrN5O4S. The topological polar surface area (TPSA) is 117 Å². The van der Waals surface area contributed by atoms with Crippen LogP contribution >= 0.6 is 27.3 Å². The zero-order chi connectivity index (χ0) is 21.8. The van der Waals surface area contributed by atoms with Gasteiger partial charge < -0.3 is 10.6 Å². The molecule has 9 nitrogen and oxygen atoms in total. The average molecular weight is 496 g/mol. The Balaban J connectivity index is 1.57. The van der Waals surface area contributed by atoms with Crippen LogP contribution in [0.4, 0.5) is 16.5 Å². The van der Waals surface area contributed by atoms with Gasteiger partial charge in [-0.1, -0.05) is 0 Å². The van der Waals surface area contributed by atoms with Crippen molar-refractivity contribution in [3.05, 3.63) is 43.4 Å². The summed E-state index contributed by atoms with van der Waals surface area (Å²) >= 11 is 4.75. The predicted molar refractivity (Wildman–Crippen MR) is 119 cm³/mol. The number of aromatic nitrogens is 1. The van der Waals surface area contributed by atoms with Crippen LogP contribution in [0.15, 0.2) is 22.7 Å². The van der Waals surface area contributed by atoms with Gasteiger partial charge in [0.05, 0.1) is 28.8 Å². The van der Waals surface area contributed by atoms with Crippen molar-refractivity contribution in [1.82, 2.24) is 9.88 Å². The molecule has 1 fully saturated rings. The summed E-state index contributed by atoms with van der Waals surface area (Å²) in [6.45, 7) is 5.21. The van der Waals surface area contributed by atoms with Gasteiger partial charge in [0.1, 0.15) is 0 Å². The second-order valence-corrected chi connectivity index (χ2v) is 9.25. The lowest BCUT2D eigenvalue weighted by atomic mass is 9.97. The van der Waals surface area contributed by atoms with Gasteiger partial charge in [0, 0.05) is 28.0 Å². The second kappa shape index (κ2) is 9.63. The largest absolute Gasteiger partial charge is 0.325 e. The monoisotopic (exact) mass is 495 g/mol. The third-order valence-electron chi connectivity index (χ3n) is 4.94. The van der Waals surface area contributed by atoms with Gasteiger partial charge in [-0.2, -0.15) is 0 Å². The number of amides is 2. The molecule has 160 valence electrons. The quantitative estimate of drug-likeness (QED) is 0.465. The zero-order valence-electron chi connectivity index (χ0n) is 16.6. The smallest absolute Gasteiger partial charge is 0.271 e. The first-order chi connectivity index (χ1) is 14.2. The van der Waals surface area contributed by atoms with E-state index in [-0.39, 0.29) is 30.0 Å². The highest BCUT2D eigenvalue weighted by atomic mass is 79.9. The number of halogens is 1. The summed E-state index contributed by atoms with van der Waals surface area (Å²) in [4.78, 5) is 42.9. The van der Waals surface area contributed by atoms with Crippen LogP contribution in [0.2, 0.25) is 0 Å². The van der Waals surface area contributed by atoms with E-state index in [0.717, 1.165) is 23.5 Å². The molecule has 1 saturated heterocycles. The minimum Gasteiger partial charge on any atom is -0.325 e. The van der Waals surface area contributed by atoms with Crippen molar-refractivity contribution in [2.45, 2.75) is 26.7 Å². The summed E-state index contributed by atoms with van der Waals surface area (Å²) in [5, 5.41) is 17.1. The predicted octanol–water partition coefficient (Wildman–Crippen LogP) is 3.72. The van der Waals surface area contributed by atoms with Crippen molar-refractivity contribution < 1.29 is 14.5 Å². The van der Waals surface area contributed by atoms with Crippen LogP contribution in [0.5, 0.6) is 0 Å². The number of anilines is 2. The normalized spacial score (nSPS) is 16.8.